The van der Waals surface area contributed by atoms with E-state index in [4.69, 9.17) is 0 Å². The van der Waals surface area contributed by atoms with E-state index in [1.165, 1.54) is 5.56 Å². The van der Waals surface area contributed by atoms with Crippen LogP contribution < -0.4 is 0 Å². The van der Waals surface area contributed by atoms with E-state index in [-0.39, 0.29) is 17.1 Å². The zero-order valence-corrected chi connectivity index (χ0v) is 14.2. The molecule has 3 nitrogen and oxygen atoms in total. The SMILES string of the molecule is CN(CCc1ccccc1)C(=O)C1(C)CC(=O)CC(C)(C)C1. The van der Waals surface area contributed by atoms with Crippen LogP contribution in [0.2, 0.25) is 0 Å². The summed E-state index contributed by atoms with van der Waals surface area (Å²) >= 11 is 0. The van der Waals surface area contributed by atoms with E-state index in [1.54, 1.807) is 4.90 Å². The van der Waals surface area contributed by atoms with Crippen molar-refractivity contribution in [2.24, 2.45) is 10.8 Å². The molecule has 0 spiro atoms. The van der Waals surface area contributed by atoms with Crippen LogP contribution >= 0.6 is 0 Å². The maximum atomic E-state index is 12.8. The maximum Gasteiger partial charge on any atom is 0.228 e. The largest absolute Gasteiger partial charge is 0.345 e. The van der Waals surface area contributed by atoms with Crippen molar-refractivity contribution in [2.45, 2.75) is 46.5 Å². The first-order valence-electron chi connectivity index (χ1n) is 8.03. The Labute approximate surface area is 133 Å². The lowest BCUT2D eigenvalue weighted by molar-refractivity contribution is -0.149. The smallest absolute Gasteiger partial charge is 0.228 e. The molecule has 3 heteroatoms. The minimum atomic E-state index is -0.551. The van der Waals surface area contributed by atoms with E-state index in [1.807, 2.05) is 32.2 Å². The minimum absolute atomic E-state index is 0.0833. The van der Waals surface area contributed by atoms with Gasteiger partial charge in [-0.2, -0.15) is 0 Å². The highest BCUT2D eigenvalue weighted by molar-refractivity contribution is 5.91. The van der Waals surface area contributed by atoms with Crippen molar-refractivity contribution in [2.75, 3.05) is 13.6 Å². The van der Waals surface area contributed by atoms with Crippen LogP contribution in [0.4, 0.5) is 0 Å². The van der Waals surface area contributed by atoms with E-state index >= 15 is 0 Å². The monoisotopic (exact) mass is 301 g/mol. The third-order valence-corrected chi connectivity index (χ3v) is 4.57. The molecule has 2 rings (SSSR count). The summed E-state index contributed by atoms with van der Waals surface area (Å²) in [4.78, 5) is 26.7. The average molecular weight is 301 g/mol. The van der Waals surface area contributed by atoms with Crippen molar-refractivity contribution in [3.05, 3.63) is 35.9 Å². The molecule has 0 bridgehead atoms. The van der Waals surface area contributed by atoms with Crippen molar-refractivity contribution in [1.29, 1.82) is 0 Å². The molecular weight excluding hydrogens is 274 g/mol. The van der Waals surface area contributed by atoms with Gasteiger partial charge in [0.2, 0.25) is 5.91 Å². The highest BCUT2D eigenvalue weighted by Gasteiger charge is 2.46. The second kappa shape index (κ2) is 6.23. The predicted molar refractivity (Wildman–Crippen MR) is 88.5 cm³/mol. The fourth-order valence-electron chi connectivity index (χ4n) is 3.87. The van der Waals surface area contributed by atoms with Crippen LogP contribution in [-0.2, 0) is 16.0 Å². The molecule has 1 saturated carbocycles. The van der Waals surface area contributed by atoms with E-state index in [9.17, 15) is 9.59 Å². The van der Waals surface area contributed by atoms with Crippen LogP contribution in [-0.4, -0.2) is 30.2 Å². The summed E-state index contributed by atoms with van der Waals surface area (Å²) in [6.45, 7) is 6.80. The molecule has 22 heavy (non-hydrogen) atoms. The molecule has 1 fully saturated rings. The third kappa shape index (κ3) is 3.96. The topological polar surface area (TPSA) is 37.4 Å². The Hall–Kier alpha value is -1.64. The molecule has 1 atom stereocenters. The Bertz CT molecular complexity index is 550. The number of Topliss-reactive ketones (excluding diaryl/α,β-unsaturated/α-hetero) is 1. The fraction of sp³-hybridized carbons (Fsp3) is 0.579. The van der Waals surface area contributed by atoms with Gasteiger partial charge in [0.05, 0.1) is 5.41 Å². The molecule has 0 aromatic heterocycles. The van der Waals surface area contributed by atoms with E-state index in [0.717, 1.165) is 12.8 Å². The minimum Gasteiger partial charge on any atom is -0.345 e. The maximum absolute atomic E-state index is 12.8. The molecule has 1 aliphatic carbocycles. The molecule has 1 aromatic carbocycles. The Morgan fingerprint density at radius 1 is 1.14 bits per heavy atom. The van der Waals surface area contributed by atoms with Gasteiger partial charge in [-0.1, -0.05) is 51.1 Å². The summed E-state index contributed by atoms with van der Waals surface area (Å²) in [7, 11) is 1.85. The molecular formula is C19H27NO2. The second-order valence-electron chi connectivity index (χ2n) is 7.76. The molecule has 120 valence electrons. The molecule has 1 unspecified atom stereocenters. The summed E-state index contributed by atoms with van der Waals surface area (Å²) < 4.78 is 0. The van der Waals surface area contributed by atoms with Gasteiger partial charge in [-0.05, 0) is 23.8 Å². The molecule has 0 saturated heterocycles. The highest BCUT2D eigenvalue weighted by Crippen LogP contribution is 2.45. The summed E-state index contributed by atoms with van der Waals surface area (Å²) in [5.41, 5.74) is 0.594. The normalized spacial score (nSPS) is 24.1. The Morgan fingerprint density at radius 2 is 1.77 bits per heavy atom. The summed E-state index contributed by atoms with van der Waals surface area (Å²) in [5, 5.41) is 0. The molecule has 0 radical (unpaired) electrons. The quantitative estimate of drug-likeness (QED) is 0.854. The van der Waals surface area contributed by atoms with Crippen LogP contribution in [0, 0.1) is 10.8 Å². The predicted octanol–water partition coefficient (Wildman–Crippen LogP) is 3.47. The van der Waals surface area contributed by atoms with Crippen LogP contribution in [0.5, 0.6) is 0 Å². The zero-order valence-electron chi connectivity index (χ0n) is 14.2. The van der Waals surface area contributed by atoms with Gasteiger partial charge in [-0.3, -0.25) is 9.59 Å². The van der Waals surface area contributed by atoms with Gasteiger partial charge >= 0.3 is 0 Å². The average Bonchev–Trinajstić information content (AvgIpc) is 2.42. The number of nitrogens with zero attached hydrogens (tertiary/aromatic N) is 1. The van der Waals surface area contributed by atoms with Gasteiger partial charge in [-0.15, -0.1) is 0 Å². The van der Waals surface area contributed by atoms with Gasteiger partial charge in [-0.25, -0.2) is 0 Å². The number of carbonyl (C=O) groups is 2. The molecule has 1 amide bonds. The van der Waals surface area contributed by atoms with Crippen molar-refractivity contribution in [1.82, 2.24) is 4.90 Å². The van der Waals surface area contributed by atoms with Crippen LogP contribution in [0.1, 0.15) is 45.6 Å². The molecule has 0 aliphatic heterocycles. The number of hydrogen-bond donors (Lipinski definition) is 0. The first-order valence-corrected chi connectivity index (χ1v) is 8.03. The van der Waals surface area contributed by atoms with Gasteiger partial charge < -0.3 is 4.90 Å². The Kier molecular flexibility index (Phi) is 4.74. The first kappa shape index (κ1) is 16.7. The summed E-state index contributed by atoms with van der Waals surface area (Å²) in [6, 6.07) is 10.2. The number of carbonyl (C=O) groups excluding carboxylic acids is 2. The van der Waals surface area contributed by atoms with Gasteiger partial charge in [0.15, 0.2) is 0 Å². The van der Waals surface area contributed by atoms with E-state index < -0.39 is 5.41 Å². The number of rotatable bonds is 4. The van der Waals surface area contributed by atoms with Crippen molar-refractivity contribution < 1.29 is 9.59 Å². The molecule has 1 aliphatic rings. The number of ketones is 1. The molecule has 1 aromatic rings. The lowest BCUT2D eigenvalue weighted by atomic mass is 9.63. The number of likely N-dealkylation sites (N-methyl/N-ethyl adjacent to an activating group) is 1. The van der Waals surface area contributed by atoms with Gasteiger partial charge in [0, 0.05) is 26.4 Å². The van der Waals surface area contributed by atoms with Crippen LogP contribution in [0.3, 0.4) is 0 Å². The Morgan fingerprint density at radius 3 is 2.36 bits per heavy atom. The third-order valence-electron chi connectivity index (χ3n) is 4.57. The standard InChI is InChI=1S/C19H27NO2/c1-18(2)12-16(21)13-19(3,14-18)17(22)20(4)11-10-15-8-6-5-7-9-15/h5-9H,10-14H2,1-4H3. The van der Waals surface area contributed by atoms with Gasteiger partial charge in [0.25, 0.3) is 0 Å². The summed E-state index contributed by atoms with van der Waals surface area (Å²) in [6.07, 6.45) is 2.59. The van der Waals surface area contributed by atoms with Crippen LogP contribution in [0.25, 0.3) is 0 Å². The number of benzene rings is 1. The number of hydrogen-bond acceptors (Lipinski definition) is 2. The lowest BCUT2D eigenvalue weighted by Crippen LogP contribution is -2.47. The molecule has 0 N–H and O–H groups in total. The van der Waals surface area contributed by atoms with Crippen molar-refractivity contribution in [3.63, 3.8) is 0 Å². The van der Waals surface area contributed by atoms with Gasteiger partial charge in [0.1, 0.15) is 5.78 Å². The van der Waals surface area contributed by atoms with E-state index in [2.05, 4.69) is 26.0 Å². The summed E-state index contributed by atoms with van der Waals surface area (Å²) in [5.74, 6) is 0.313. The van der Waals surface area contributed by atoms with Crippen molar-refractivity contribution in [3.8, 4) is 0 Å². The Balaban J connectivity index is 2.01. The zero-order chi connectivity index (χ0) is 16.4. The van der Waals surface area contributed by atoms with E-state index in [0.29, 0.717) is 19.4 Å². The second-order valence-corrected chi connectivity index (χ2v) is 7.76. The van der Waals surface area contributed by atoms with Crippen molar-refractivity contribution >= 4 is 11.7 Å². The lowest BCUT2D eigenvalue weighted by Gasteiger charge is -2.42. The van der Waals surface area contributed by atoms with Crippen LogP contribution in [0.15, 0.2) is 30.3 Å². The first-order chi connectivity index (χ1) is 10.2. The number of amides is 1. The highest BCUT2D eigenvalue weighted by atomic mass is 16.2. The molecule has 0 heterocycles. The fourth-order valence-corrected chi connectivity index (χ4v) is 3.87.